The van der Waals surface area contributed by atoms with Gasteiger partial charge in [0.2, 0.25) is 0 Å². The second-order valence-electron chi connectivity index (χ2n) is 7.52. The Morgan fingerprint density at radius 2 is 1.42 bits per heavy atom. The Bertz CT molecular complexity index is 1440. The number of hydrogen-bond acceptors (Lipinski definition) is 5. The quantitative estimate of drug-likeness (QED) is 0.383. The van der Waals surface area contributed by atoms with Crippen LogP contribution in [0.15, 0.2) is 83.8 Å². The van der Waals surface area contributed by atoms with Crippen LogP contribution in [0.1, 0.15) is 21.5 Å². The van der Waals surface area contributed by atoms with Crippen LogP contribution in [0.4, 0.5) is 5.69 Å². The standard InChI is InChI=1S/C26H23NO5S/c1-17-8-11-19(12-9-17)33(29,30)27-23-7-5-4-6-21(23)26(28)18-10-13-20-22(16-18)25(32-3)15-14-24(20)31-2/h4-16,27H,1-3H3. The highest BCUT2D eigenvalue weighted by atomic mass is 32.2. The molecule has 6 nitrogen and oxygen atoms in total. The van der Waals surface area contributed by atoms with Crippen molar-refractivity contribution in [2.24, 2.45) is 0 Å². The van der Waals surface area contributed by atoms with Crippen LogP contribution in [0.25, 0.3) is 10.8 Å². The largest absolute Gasteiger partial charge is 0.496 e. The van der Waals surface area contributed by atoms with Crippen molar-refractivity contribution in [3.05, 3.63) is 95.6 Å². The topological polar surface area (TPSA) is 81.7 Å². The van der Waals surface area contributed by atoms with E-state index in [-0.39, 0.29) is 21.9 Å². The van der Waals surface area contributed by atoms with E-state index in [1.807, 2.05) is 6.92 Å². The average Bonchev–Trinajstić information content (AvgIpc) is 2.83. The number of benzene rings is 4. The molecule has 33 heavy (non-hydrogen) atoms. The average molecular weight is 462 g/mol. The van der Waals surface area contributed by atoms with Gasteiger partial charge in [-0.2, -0.15) is 0 Å². The van der Waals surface area contributed by atoms with Crippen LogP contribution in [0, 0.1) is 6.92 Å². The number of rotatable bonds is 7. The van der Waals surface area contributed by atoms with E-state index in [0.717, 1.165) is 16.3 Å². The van der Waals surface area contributed by atoms with Crippen molar-refractivity contribution in [2.75, 3.05) is 18.9 Å². The molecule has 0 bridgehead atoms. The number of methoxy groups -OCH3 is 2. The lowest BCUT2D eigenvalue weighted by Crippen LogP contribution is -2.16. The van der Waals surface area contributed by atoms with Gasteiger partial charge in [-0.1, -0.05) is 35.9 Å². The van der Waals surface area contributed by atoms with Crippen LogP contribution in [0.5, 0.6) is 11.5 Å². The number of nitrogens with one attached hydrogen (secondary N) is 1. The van der Waals surface area contributed by atoms with Gasteiger partial charge in [0.25, 0.3) is 10.0 Å². The van der Waals surface area contributed by atoms with Gasteiger partial charge in [-0.05, 0) is 55.5 Å². The molecule has 168 valence electrons. The van der Waals surface area contributed by atoms with Gasteiger partial charge in [-0.25, -0.2) is 8.42 Å². The summed E-state index contributed by atoms with van der Waals surface area (Å²) in [7, 11) is -0.721. The number of ketones is 1. The number of ether oxygens (including phenoxy) is 2. The van der Waals surface area contributed by atoms with Crippen molar-refractivity contribution in [2.45, 2.75) is 11.8 Å². The van der Waals surface area contributed by atoms with E-state index >= 15 is 0 Å². The van der Waals surface area contributed by atoms with E-state index in [4.69, 9.17) is 9.47 Å². The van der Waals surface area contributed by atoms with Crippen molar-refractivity contribution < 1.29 is 22.7 Å². The summed E-state index contributed by atoms with van der Waals surface area (Å²) < 4.78 is 39.2. The fourth-order valence-electron chi connectivity index (χ4n) is 3.64. The number of hydrogen-bond donors (Lipinski definition) is 1. The van der Waals surface area contributed by atoms with Gasteiger partial charge in [-0.3, -0.25) is 9.52 Å². The molecular weight excluding hydrogens is 438 g/mol. The minimum absolute atomic E-state index is 0.123. The lowest BCUT2D eigenvalue weighted by molar-refractivity contribution is 0.103. The Morgan fingerprint density at radius 3 is 2.09 bits per heavy atom. The maximum absolute atomic E-state index is 13.4. The zero-order valence-electron chi connectivity index (χ0n) is 18.5. The summed E-state index contributed by atoms with van der Waals surface area (Å²) in [5.74, 6) is 0.953. The molecule has 0 unspecified atom stereocenters. The monoisotopic (exact) mass is 461 g/mol. The van der Waals surface area contributed by atoms with E-state index < -0.39 is 10.0 Å². The Hall–Kier alpha value is -3.84. The van der Waals surface area contributed by atoms with Crippen molar-refractivity contribution in [1.82, 2.24) is 0 Å². The molecule has 4 aromatic rings. The minimum atomic E-state index is -3.86. The molecule has 0 amide bonds. The molecule has 0 saturated heterocycles. The lowest BCUT2D eigenvalue weighted by atomic mass is 9.98. The molecule has 0 spiro atoms. The summed E-state index contributed by atoms with van der Waals surface area (Å²) in [6.45, 7) is 1.88. The SMILES string of the molecule is COc1ccc(OC)c2cc(C(=O)c3ccccc3NS(=O)(=O)c3ccc(C)cc3)ccc12. The molecule has 0 aliphatic heterocycles. The van der Waals surface area contributed by atoms with Crippen LogP contribution in [0.3, 0.4) is 0 Å². The summed E-state index contributed by atoms with van der Waals surface area (Å²) in [6.07, 6.45) is 0. The number of fused-ring (bicyclic) bond motifs is 1. The second kappa shape index (κ2) is 8.96. The summed E-state index contributed by atoms with van der Waals surface area (Å²) in [5.41, 5.74) is 1.80. The van der Waals surface area contributed by atoms with Gasteiger partial charge in [-0.15, -0.1) is 0 Å². The highest BCUT2D eigenvalue weighted by Crippen LogP contribution is 2.34. The van der Waals surface area contributed by atoms with E-state index in [1.54, 1.807) is 80.9 Å². The van der Waals surface area contributed by atoms with E-state index in [9.17, 15) is 13.2 Å². The first-order valence-corrected chi connectivity index (χ1v) is 11.7. The first-order chi connectivity index (χ1) is 15.8. The number of sulfonamides is 1. The molecule has 4 aromatic carbocycles. The first-order valence-electron chi connectivity index (χ1n) is 10.2. The number of carbonyl (C=O) groups excluding carboxylic acids is 1. The van der Waals surface area contributed by atoms with Crippen LogP contribution in [-0.2, 0) is 10.0 Å². The zero-order valence-corrected chi connectivity index (χ0v) is 19.3. The fraction of sp³-hybridized carbons (Fsp3) is 0.115. The summed E-state index contributed by atoms with van der Waals surface area (Å²) in [6, 6.07) is 21.9. The molecule has 0 aliphatic carbocycles. The van der Waals surface area contributed by atoms with Crippen LogP contribution in [0.2, 0.25) is 0 Å². The van der Waals surface area contributed by atoms with Gasteiger partial charge in [0.1, 0.15) is 11.5 Å². The van der Waals surface area contributed by atoms with E-state index in [2.05, 4.69) is 4.72 Å². The highest BCUT2D eigenvalue weighted by molar-refractivity contribution is 7.92. The maximum atomic E-state index is 13.4. The Balaban J connectivity index is 1.74. The van der Waals surface area contributed by atoms with Gasteiger partial charge in [0.15, 0.2) is 5.78 Å². The van der Waals surface area contributed by atoms with Gasteiger partial charge in [0.05, 0.1) is 24.8 Å². The summed E-state index contributed by atoms with van der Waals surface area (Å²) in [5, 5.41) is 1.53. The van der Waals surface area contributed by atoms with Crippen molar-refractivity contribution in [3.63, 3.8) is 0 Å². The zero-order chi connectivity index (χ0) is 23.6. The molecule has 4 rings (SSSR count). The third-order valence-corrected chi connectivity index (χ3v) is 6.77. The summed E-state index contributed by atoms with van der Waals surface area (Å²) in [4.78, 5) is 13.5. The minimum Gasteiger partial charge on any atom is -0.496 e. The molecule has 1 N–H and O–H groups in total. The first kappa shape index (κ1) is 22.4. The molecule has 0 fully saturated rings. The van der Waals surface area contributed by atoms with Crippen LogP contribution < -0.4 is 14.2 Å². The molecule has 0 aliphatic rings. The normalized spacial score (nSPS) is 11.2. The third kappa shape index (κ3) is 4.40. The molecule has 0 radical (unpaired) electrons. The smallest absolute Gasteiger partial charge is 0.261 e. The van der Waals surface area contributed by atoms with Crippen molar-refractivity contribution in [1.29, 1.82) is 0 Å². The fourth-order valence-corrected chi connectivity index (χ4v) is 4.72. The van der Waals surface area contributed by atoms with Gasteiger partial charge >= 0.3 is 0 Å². The molecule has 0 saturated carbocycles. The van der Waals surface area contributed by atoms with Crippen LogP contribution in [-0.4, -0.2) is 28.4 Å². The number of anilines is 1. The van der Waals surface area contributed by atoms with E-state index in [1.165, 1.54) is 12.1 Å². The number of para-hydroxylation sites is 1. The number of carbonyl (C=O) groups is 1. The molecule has 0 heterocycles. The Labute approximate surface area is 192 Å². The highest BCUT2D eigenvalue weighted by Gasteiger charge is 2.20. The Morgan fingerprint density at radius 1 is 0.788 bits per heavy atom. The molecule has 0 atom stereocenters. The maximum Gasteiger partial charge on any atom is 0.261 e. The Kier molecular flexibility index (Phi) is 6.07. The van der Waals surface area contributed by atoms with Gasteiger partial charge in [0, 0.05) is 21.9 Å². The number of aryl methyl sites for hydroxylation is 1. The van der Waals surface area contributed by atoms with Crippen molar-refractivity contribution >= 4 is 32.3 Å². The predicted octanol–water partition coefficient (Wildman–Crippen LogP) is 5.20. The molecule has 7 heteroatoms. The van der Waals surface area contributed by atoms with Crippen molar-refractivity contribution in [3.8, 4) is 11.5 Å². The molecular formula is C26H23NO5S. The van der Waals surface area contributed by atoms with Gasteiger partial charge < -0.3 is 9.47 Å². The molecule has 0 aromatic heterocycles. The van der Waals surface area contributed by atoms with Crippen LogP contribution >= 0.6 is 0 Å². The summed E-state index contributed by atoms with van der Waals surface area (Å²) >= 11 is 0. The van der Waals surface area contributed by atoms with E-state index in [0.29, 0.717) is 17.1 Å². The second-order valence-corrected chi connectivity index (χ2v) is 9.21. The third-order valence-electron chi connectivity index (χ3n) is 5.39. The predicted molar refractivity (Wildman–Crippen MR) is 129 cm³/mol. The lowest BCUT2D eigenvalue weighted by Gasteiger charge is -2.14.